The van der Waals surface area contributed by atoms with E-state index in [1.165, 1.54) is 10.8 Å². The van der Waals surface area contributed by atoms with Crippen molar-refractivity contribution in [2.45, 2.75) is 0 Å². The number of hydrogen-bond acceptors (Lipinski definition) is 5. The molecule has 7 heteroatoms. The molecule has 0 amide bonds. The molecule has 0 aliphatic carbocycles. The number of anilines is 3. The number of nitro groups is 1. The number of fused-ring (bicyclic) bond motifs is 1. The molecule has 29 heavy (non-hydrogen) atoms. The number of nitro benzene ring substituents is 1. The molecular formula is C22H18ClN3O3. The molecule has 6 nitrogen and oxygen atoms in total. The highest BCUT2D eigenvalue weighted by atomic mass is 35.5. The highest BCUT2D eigenvalue weighted by molar-refractivity contribution is 6.32. The summed E-state index contributed by atoms with van der Waals surface area (Å²) in [5.41, 5.74) is 7.11. The Balaban J connectivity index is 0.000000177. The normalized spacial score (nSPS) is 10.1. The summed E-state index contributed by atoms with van der Waals surface area (Å²) in [6.45, 7) is 0. The first-order chi connectivity index (χ1) is 13.9. The van der Waals surface area contributed by atoms with E-state index in [0.717, 1.165) is 23.5 Å². The van der Waals surface area contributed by atoms with Crippen LogP contribution in [0.4, 0.5) is 22.7 Å². The maximum Gasteiger partial charge on any atom is 0.273 e. The number of nitrogens with two attached hydrogens (primary N) is 1. The minimum absolute atomic E-state index is 0.103. The fourth-order valence-corrected chi connectivity index (χ4v) is 2.89. The fourth-order valence-electron chi connectivity index (χ4n) is 2.67. The zero-order valence-corrected chi connectivity index (χ0v) is 16.0. The highest BCUT2D eigenvalue weighted by Gasteiger charge is 2.12. The fraction of sp³-hybridized carbons (Fsp3) is 0. The van der Waals surface area contributed by atoms with Crippen LogP contribution in [0, 0.1) is 10.1 Å². The van der Waals surface area contributed by atoms with E-state index < -0.39 is 4.92 Å². The first kappa shape index (κ1) is 20.0. The number of phenols is 1. The zero-order chi connectivity index (χ0) is 20.8. The molecule has 0 aliphatic rings. The third-order valence-corrected chi connectivity index (χ3v) is 4.39. The van der Waals surface area contributed by atoms with Gasteiger partial charge in [0.25, 0.3) is 5.69 Å². The lowest BCUT2D eigenvalue weighted by molar-refractivity contribution is -0.384. The van der Waals surface area contributed by atoms with Gasteiger partial charge in [-0.15, -0.1) is 0 Å². The molecule has 0 fully saturated rings. The van der Waals surface area contributed by atoms with Crippen molar-refractivity contribution in [2.75, 3.05) is 11.1 Å². The van der Waals surface area contributed by atoms with Gasteiger partial charge in [-0.1, -0.05) is 60.1 Å². The lowest BCUT2D eigenvalue weighted by Crippen LogP contribution is -1.92. The van der Waals surface area contributed by atoms with Crippen molar-refractivity contribution in [2.24, 2.45) is 0 Å². The number of nitrogens with zero attached hydrogens (tertiary/aromatic N) is 1. The van der Waals surface area contributed by atoms with E-state index in [4.69, 9.17) is 22.4 Å². The topological polar surface area (TPSA) is 101 Å². The molecule has 4 aromatic rings. The van der Waals surface area contributed by atoms with Crippen LogP contribution in [0.2, 0.25) is 5.02 Å². The number of halogens is 1. The summed E-state index contributed by atoms with van der Waals surface area (Å²) in [7, 11) is 0. The van der Waals surface area contributed by atoms with Gasteiger partial charge in [-0.2, -0.15) is 0 Å². The summed E-state index contributed by atoms with van der Waals surface area (Å²) < 4.78 is 0. The van der Waals surface area contributed by atoms with Crippen LogP contribution in [-0.2, 0) is 0 Å². The second-order valence-electron chi connectivity index (χ2n) is 6.18. The van der Waals surface area contributed by atoms with Crippen LogP contribution >= 0.6 is 11.6 Å². The van der Waals surface area contributed by atoms with Gasteiger partial charge in [0.05, 0.1) is 15.6 Å². The van der Waals surface area contributed by atoms with Crippen LogP contribution in [-0.4, -0.2) is 10.0 Å². The van der Waals surface area contributed by atoms with Gasteiger partial charge in [-0.25, -0.2) is 0 Å². The Morgan fingerprint density at radius 1 is 0.862 bits per heavy atom. The molecule has 0 bridgehead atoms. The van der Waals surface area contributed by atoms with Gasteiger partial charge in [-0.05, 0) is 35.0 Å². The van der Waals surface area contributed by atoms with Gasteiger partial charge < -0.3 is 16.2 Å². The molecule has 4 rings (SSSR count). The van der Waals surface area contributed by atoms with E-state index >= 15 is 0 Å². The Bertz CT molecular complexity index is 1130. The second-order valence-corrected chi connectivity index (χ2v) is 6.58. The van der Waals surface area contributed by atoms with Crippen LogP contribution in [0.5, 0.6) is 5.75 Å². The van der Waals surface area contributed by atoms with Gasteiger partial charge in [-0.3, -0.25) is 10.1 Å². The van der Waals surface area contributed by atoms with E-state index in [-0.39, 0.29) is 22.1 Å². The van der Waals surface area contributed by atoms with Gasteiger partial charge in [0, 0.05) is 23.5 Å². The summed E-state index contributed by atoms with van der Waals surface area (Å²) in [6, 6.07) is 27.1. The number of nitrogens with one attached hydrogen (secondary N) is 1. The quantitative estimate of drug-likeness (QED) is 0.164. The van der Waals surface area contributed by atoms with E-state index in [2.05, 4.69) is 59.9 Å². The van der Waals surface area contributed by atoms with Gasteiger partial charge in [0.1, 0.15) is 0 Å². The number of phenolic OH excluding ortho intramolecular Hbond substituents is 1. The summed E-state index contributed by atoms with van der Waals surface area (Å²) in [5.74, 6) is -0.331. The molecule has 0 aromatic heterocycles. The highest BCUT2D eigenvalue weighted by Crippen LogP contribution is 2.33. The van der Waals surface area contributed by atoms with Gasteiger partial charge >= 0.3 is 0 Å². The van der Waals surface area contributed by atoms with Crippen molar-refractivity contribution in [1.82, 2.24) is 0 Å². The van der Waals surface area contributed by atoms with Crippen LogP contribution in [0.3, 0.4) is 0 Å². The Kier molecular flexibility index (Phi) is 6.16. The van der Waals surface area contributed by atoms with Crippen molar-refractivity contribution >= 4 is 45.1 Å². The minimum Gasteiger partial charge on any atom is -0.504 e. The van der Waals surface area contributed by atoms with Crippen LogP contribution < -0.4 is 11.1 Å². The molecule has 4 N–H and O–H groups in total. The largest absolute Gasteiger partial charge is 0.504 e. The number of aromatic hydroxyl groups is 1. The molecule has 0 heterocycles. The predicted molar refractivity (Wildman–Crippen MR) is 118 cm³/mol. The third kappa shape index (κ3) is 5.15. The Hall–Kier alpha value is -3.77. The third-order valence-electron chi connectivity index (χ3n) is 4.10. The Labute approximate surface area is 172 Å². The molecule has 0 spiro atoms. The number of para-hydroxylation sites is 1. The van der Waals surface area contributed by atoms with Crippen LogP contribution in [0.1, 0.15) is 0 Å². The average molecular weight is 408 g/mol. The first-order valence-corrected chi connectivity index (χ1v) is 9.05. The van der Waals surface area contributed by atoms with E-state index in [1.54, 1.807) is 0 Å². The van der Waals surface area contributed by atoms with Crippen molar-refractivity contribution in [3.63, 3.8) is 0 Å². The van der Waals surface area contributed by atoms with Crippen molar-refractivity contribution in [3.05, 3.63) is 100 Å². The minimum atomic E-state index is -0.637. The Morgan fingerprint density at radius 2 is 1.52 bits per heavy atom. The zero-order valence-electron chi connectivity index (χ0n) is 15.2. The second kappa shape index (κ2) is 8.95. The van der Waals surface area contributed by atoms with E-state index in [9.17, 15) is 10.1 Å². The van der Waals surface area contributed by atoms with E-state index in [1.807, 2.05) is 18.2 Å². The van der Waals surface area contributed by atoms with Crippen LogP contribution in [0.25, 0.3) is 10.8 Å². The smallest absolute Gasteiger partial charge is 0.273 e. The first-order valence-electron chi connectivity index (χ1n) is 8.67. The monoisotopic (exact) mass is 407 g/mol. The number of non-ortho nitro benzene ring substituents is 1. The molecule has 0 saturated heterocycles. The molecule has 0 radical (unpaired) electrons. The van der Waals surface area contributed by atoms with Crippen molar-refractivity contribution in [1.29, 1.82) is 0 Å². The molecule has 0 atom stereocenters. The van der Waals surface area contributed by atoms with Crippen molar-refractivity contribution in [3.8, 4) is 5.75 Å². The lowest BCUT2D eigenvalue weighted by Gasteiger charge is -2.07. The molecule has 0 unspecified atom stereocenters. The number of rotatable bonds is 3. The summed E-state index contributed by atoms with van der Waals surface area (Å²) in [6.07, 6.45) is 0. The molecule has 0 saturated carbocycles. The number of nitrogen functional groups attached to an aromatic ring is 1. The summed E-state index contributed by atoms with van der Waals surface area (Å²) >= 11 is 5.43. The maximum atomic E-state index is 10.2. The Morgan fingerprint density at radius 3 is 2.17 bits per heavy atom. The molecule has 0 aliphatic heterocycles. The van der Waals surface area contributed by atoms with E-state index in [0.29, 0.717) is 0 Å². The standard InChI is InChI=1S/C16H13N.C6H5ClN2O3/c1-2-8-15(9-3-1)17-16-11-10-13-6-4-5-7-14(13)12-16;7-4-1-3(9(11)12)2-5(8)6(4)10/h1-12,17H;1-2,10H,8H2. The summed E-state index contributed by atoms with van der Waals surface area (Å²) in [4.78, 5) is 9.59. The molecular weight excluding hydrogens is 390 g/mol. The maximum absolute atomic E-state index is 10.2. The lowest BCUT2D eigenvalue weighted by atomic mass is 10.1. The van der Waals surface area contributed by atoms with Crippen LogP contribution in [0.15, 0.2) is 84.9 Å². The molecule has 146 valence electrons. The van der Waals surface area contributed by atoms with Gasteiger partial charge in [0.15, 0.2) is 5.75 Å². The number of hydrogen-bond donors (Lipinski definition) is 3. The average Bonchev–Trinajstić information content (AvgIpc) is 2.73. The molecule has 4 aromatic carbocycles. The predicted octanol–water partition coefficient (Wildman–Crippen LogP) is 6.12. The summed E-state index contributed by atoms with van der Waals surface area (Å²) in [5, 5.41) is 25.1. The van der Waals surface area contributed by atoms with Gasteiger partial charge in [0.2, 0.25) is 0 Å². The number of benzene rings is 4. The SMILES string of the molecule is Nc1cc([N+](=O)[O-])cc(Cl)c1O.c1ccc(Nc2ccc3ccccc3c2)cc1. The van der Waals surface area contributed by atoms with Crippen molar-refractivity contribution < 1.29 is 10.0 Å².